The minimum Gasteiger partial charge on any atom is -0.353 e. The molecule has 2 aromatic rings. The Morgan fingerprint density at radius 1 is 1.16 bits per heavy atom. The molecule has 1 atom stereocenters. The van der Waals surface area contributed by atoms with Gasteiger partial charge >= 0.3 is 6.18 Å². The average Bonchev–Trinajstić information content (AvgIpc) is 3.20. The molecule has 1 aliphatic heterocycles. The van der Waals surface area contributed by atoms with Crippen LogP contribution in [0.3, 0.4) is 0 Å². The lowest BCUT2D eigenvalue weighted by atomic mass is 10.1. The second-order valence-corrected chi connectivity index (χ2v) is 8.17. The summed E-state index contributed by atoms with van der Waals surface area (Å²) in [6.45, 7) is 5.31. The molecule has 32 heavy (non-hydrogen) atoms. The molecule has 1 aromatic heterocycles. The van der Waals surface area contributed by atoms with E-state index in [2.05, 4.69) is 10.4 Å². The molecule has 11 heteroatoms. The van der Waals surface area contributed by atoms with Crippen molar-refractivity contribution >= 4 is 23.4 Å². The number of amides is 2. The lowest BCUT2D eigenvalue weighted by Crippen LogP contribution is -2.51. The van der Waals surface area contributed by atoms with Gasteiger partial charge in [-0.3, -0.25) is 14.5 Å². The summed E-state index contributed by atoms with van der Waals surface area (Å²) < 4.78 is 42.3. The minimum atomic E-state index is -4.78. The van der Waals surface area contributed by atoms with E-state index in [9.17, 15) is 22.8 Å². The van der Waals surface area contributed by atoms with Crippen LogP contribution in [0.2, 0.25) is 5.02 Å². The van der Waals surface area contributed by atoms with Crippen molar-refractivity contribution in [3.05, 3.63) is 46.7 Å². The molecule has 2 heterocycles. The molecule has 1 N–H and O–H groups in total. The van der Waals surface area contributed by atoms with E-state index < -0.39 is 23.3 Å². The highest BCUT2D eigenvalue weighted by atomic mass is 35.5. The fraction of sp³-hybridized carbons (Fsp3) is 0.476. The van der Waals surface area contributed by atoms with Crippen molar-refractivity contribution in [3.63, 3.8) is 0 Å². The topological polar surface area (TPSA) is 70.5 Å². The van der Waals surface area contributed by atoms with Crippen LogP contribution in [0.5, 0.6) is 0 Å². The van der Waals surface area contributed by atoms with Crippen LogP contribution in [0.15, 0.2) is 30.5 Å². The number of piperazine rings is 1. The normalized spacial score (nSPS) is 16.1. The molecule has 0 spiro atoms. The second-order valence-electron chi connectivity index (χ2n) is 7.74. The summed E-state index contributed by atoms with van der Waals surface area (Å²) in [4.78, 5) is 28.2. The van der Waals surface area contributed by atoms with Crippen molar-refractivity contribution in [1.29, 1.82) is 0 Å². The summed E-state index contributed by atoms with van der Waals surface area (Å²) in [5.74, 6) is -0.844. The zero-order valence-corrected chi connectivity index (χ0v) is 18.6. The highest BCUT2D eigenvalue weighted by Crippen LogP contribution is 2.34. The Bertz CT molecular complexity index is 953. The third kappa shape index (κ3) is 5.60. The molecule has 1 aliphatic rings. The van der Waals surface area contributed by atoms with Crippen molar-refractivity contribution in [2.24, 2.45) is 0 Å². The van der Waals surface area contributed by atoms with E-state index in [0.717, 1.165) is 12.6 Å². The number of nitrogens with one attached hydrogen (secondary N) is 1. The first-order valence-corrected chi connectivity index (χ1v) is 10.7. The van der Waals surface area contributed by atoms with Crippen molar-refractivity contribution in [2.75, 3.05) is 32.7 Å². The highest BCUT2D eigenvalue weighted by molar-refractivity contribution is 6.30. The molecular formula is C21H25ClF3N5O2. The van der Waals surface area contributed by atoms with Crippen LogP contribution in [0.4, 0.5) is 13.2 Å². The third-order valence-electron chi connectivity index (χ3n) is 5.39. The molecular weight excluding hydrogens is 447 g/mol. The minimum absolute atomic E-state index is 0.0725. The van der Waals surface area contributed by atoms with E-state index >= 15 is 0 Å². The first-order valence-electron chi connectivity index (χ1n) is 10.3. The van der Waals surface area contributed by atoms with Crippen LogP contribution in [-0.2, 0) is 11.0 Å². The van der Waals surface area contributed by atoms with E-state index in [-0.39, 0.29) is 37.3 Å². The Morgan fingerprint density at radius 2 is 1.78 bits per heavy atom. The van der Waals surface area contributed by atoms with Crippen molar-refractivity contribution in [1.82, 2.24) is 24.9 Å². The number of benzene rings is 1. The zero-order valence-electron chi connectivity index (χ0n) is 17.8. The van der Waals surface area contributed by atoms with Gasteiger partial charge in [0.15, 0.2) is 5.69 Å². The van der Waals surface area contributed by atoms with Crippen LogP contribution < -0.4 is 5.32 Å². The van der Waals surface area contributed by atoms with Crippen molar-refractivity contribution < 1.29 is 22.8 Å². The van der Waals surface area contributed by atoms with E-state index in [1.54, 1.807) is 0 Å². The van der Waals surface area contributed by atoms with Crippen LogP contribution in [0.1, 0.15) is 36.3 Å². The van der Waals surface area contributed by atoms with E-state index in [4.69, 9.17) is 11.6 Å². The van der Waals surface area contributed by atoms with Gasteiger partial charge in [0, 0.05) is 37.2 Å². The van der Waals surface area contributed by atoms with Crippen LogP contribution in [0.25, 0.3) is 5.69 Å². The Hall–Kier alpha value is -2.59. The number of halogens is 4. The molecule has 0 saturated carbocycles. The number of aromatic nitrogens is 2. The average molecular weight is 472 g/mol. The Morgan fingerprint density at radius 3 is 2.34 bits per heavy atom. The SMILES string of the molecule is CCC(C)NC(=O)CN1CCN(C(=O)c2cnn(-c3ccc(Cl)cc3)c2C(F)(F)F)CC1. The Kier molecular flexibility index (Phi) is 7.45. The fourth-order valence-corrected chi connectivity index (χ4v) is 3.59. The van der Waals surface area contributed by atoms with E-state index in [1.807, 2.05) is 18.7 Å². The maximum absolute atomic E-state index is 13.9. The van der Waals surface area contributed by atoms with Crippen molar-refractivity contribution in [2.45, 2.75) is 32.5 Å². The summed E-state index contributed by atoms with van der Waals surface area (Å²) in [5, 5.41) is 7.08. The smallest absolute Gasteiger partial charge is 0.353 e. The number of hydrogen-bond acceptors (Lipinski definition) is 4. The first-order chi connectivity index (χ1) is 15.1. The standard InChI is InChI=1S/C21H25ClF3N5O2/c1-3-14(2)27-18(31)13-28-8-10-29(11-9-28)20(32)17-12-26-30(19(17)21(23,24)25)16-6-4-15(22)5-7-16/h4-7,12,14H,3,8-11,13H2,1-2H3,(H,27,31). The monoisotopic (exact) mass is 471 g/mol. The molecule has 0 bridgehead atoms. The molecule has 1 aromatic carbocycles. The molecule has 1 saturated heterocycles. The van der Waals surface area contributed by atoms with Gasteiger partial charge < -0.3 is 10.2 Å². The Balaban J connectivity index is 1.72. The lowest BCUT2D eigenvalue weighted by Gasteiger charge is -2.34. The molecule has 174 valence electrons. The van der Waals surface area contributed by atoms with Crippen LogP contribution in [-0.4, -0.2) is 70.2 Å². The molecule has 0 radical (unpaired) electrons. The third-order valence-corrected chi connectivity index (χ3v) is 5.64. The molecule has 1 unspecified atom stereocenters. The van der Waals surface area contributed by atoms with Crippen LogP contribution in [0, 0.1) is 0 Å². The zero-order chi connectivity index (χ0) is 23.5. The summed E-state index contributed by atoms with van der Waals surface area (Å²) in [6.07, 6.45) is -3.01. The summed E-state index contributed by atoms with van der Waals surface area (Å²) in [7, 11) is 0. The molecule has 0 aliphatic carbocycles. The van der Waals surface area contributed by atoms with Gasteiger partial charge in [-0.15, -0.1) is 0 Å². The van der Waals surface area contributed by atoms with Gasteiger partial charge in [-0.25, -0.2) is 4.68 Å². The number of nitrogens with zero attached hydrogens (tertiary/aromatic N) is 4. The number of carbonyl (C=O) groups is 2. The number of carbonyl (C=O) groups excluding carboxylic acids is 2. The van der Waals surface area contributed by atoms with Gasteiger partial charge in [-0.05, 0) is 37.6 Å². The molecule has 2 amide bonds. The van der Waals surface area contributed by atoms with Gasteiger partial charge in [0.1, 0.15) is 0 Å². The van der Waals surface area contributed by atoms with E-state index in [1.165, 1.54) is 29.2 Å². The maximum Gasteiger partial charge on any atom is 0.434 e. The molecule has 1 fully saturated rings. The first kappa shape index (κ1) is 24.1. The summed E-state index contributed by atoms with van der Waals surface area (Å²) >= 11 is 5.82. The predicted octanol–water partition coefficient (Wildman–Crippen LogP) is 3.22. The van der Waals surface area contributed by atoms with Gasteiger partial charge in [-0.1, -0.05) is 18.5 Å². The van der Waals surface area contributed by atoms with E-state index in [0.29, 0.717) is 22.8 Å². The number of rotatable bonds is 6. The lowest BCUT2D eigenvalue weighted by molar-refractivity contribution is -0.143. The summed E-state index contributed by atoms with van der Waals surface area (Å²) in [6, 6.07) is 5.79. The largest absolute Gasteiger partial charge is 0.434 e. The Labute approximate surface area is 189 Å². The quantitative estimate of drug-likeness (QED) is 0.702. The number of hydrogen-bond donors (Lipinski definition) is 1. The van der Waals surface area contributed by atoms with Gasteiger partial charge in [-0.2, -0.15) is 18.3 Å². The molecule has 7 nitrogen and oxygen atoms in total. The second kappa shape index (κ2) is 9.91. The van der Waals surface area contributed by atoms with Gasteiger partial charge in [0.05, 0.1) is 24.0 Å². The number of alkyl halides is 3. The predicted molar refractivity (Wildman–Crippen MR) is 114 cm³/mol. The van der Waals surface area contributed by atoms with Gasteiger partial charge in [0.2, 0.25) is 5.91 Å². The van der Waals surface area contributed by atoms with Crippen molar-refractivity contribution in [3.8, 4) is 5.69 Å². The highest BCUT2D eigenvalue weighted by Gasteiger charge is 2.41. The van der Waals surface area contributed by atoms with Crippen LogP contribution >= 0.6 is 11.6 Å². The van der Waals surface area contributed by atoms with Gasteiger partial charge in [0.25, 0.3) is 5.91 Å². The maximum atomic E-state index is 13.9. The molecule has 3 rings (SSSR count). The fourth-order valence-electron chi connectivity index (χ4n) is 3.46. The summed E-state index contributed by atoms with van der Waals surface area (Å²) in [5.41, 5.74) is -1.48.